The highest BCUT2D eigenvalue weighted by Gasteiger charge is 2.20. The molecule has 0 radical (unpaired) electrons. The lowest BCUT2D eigenvalue weighted by atomic mass is 9.82. The van der Waals surface area contributed by atoms with Gasteiger partial charge < -0.3 is 11.1 Å². The van der Waals surface area contributed by atoms with Crippen LogP contribution in [0, 0.1) is 11.8 Å². The molecule has 0 spiro atoms. The minimum absolute atomic E-state index is 0.679. The topological polar surface area (TPSA) is 94.0 Å². The van der Waals surface area contributed by atoms with Crippen molar-refractivity contribution in [2.45, 2.75) is 25.7 Å². The maximum atomic E-state index is 5.71. The molecule has 0 aliphatic heterocycles. The van der Waals surface area contributed by atoms with Gasteiger partial charge in [0.2, 0.25) is 5.65 Å². The summed E-state index contributed by atoms with van der Waals surface area (Å²) in [6.07, 6.45) is 8.41. The molecule has 0 bridgehead atoms. The summed E-state index contributed by atoms with van der Waals surface area (Å²) in [5.74, 6) is 2.17. The molecule has 0 atom stereocenters. The van der Waals surface area contributed by atoms with Crippen LogP contribution >= 0.6 is 0 Å². The van der Waals surface area contributed by atoms with E-state index in [9.17, 15) is 0 Å². The first-order valence-electron chi connectivity index (χ1n) is 6.83. The molecule has 2 heterocycles. The summed E-state index contributed by atoms with van der Waals surface area (Å²) in [6.45, 7) is 1.75. The Balaban J connectivity index is 1.59. The van der Waals surface area contributed by atoms with Crippen molar-refractivity contribution in [2.75, 3.05) is 18.4 Å². The van der Waals surface area contributed by atoms with Crippen LogP contribution in [0.25, 0.3) is 5.65 Å². The van der Waals surface area contributed by atoms with E-state index in [1.807, 2.05) is 0 Å². The fraction of sp³-hybridized carbons (Fsp3) is 0.667. The largest absolute Gasteiger partial charge is 0.367 e. The van der Waals surface area contributed by atoms with E-state index in [0.29, 0.717) is 11.6 Å². The fourth-order valence-corrected chi connectivity index (χ4v) is 2.72. The Morgan fingerprint density at radius 2 is 2.05 bits per heavy atom. The number of nitrogens with one attached hydrogen (secondary N) is 1. The van der Waals surface area contributed by atoms with Crippen LogP contribution < -0.4 is 11.1 Å². The van der Waals surface area contributed by atoms with Crippen molar-refractivity contribution in [1.29, 1.82) is 0 Å². The van der Waals surface area contributed by atoms with Gasteiger partial charge in [0.25, 0.3) is 0 Å². The number of nitrogens with two attached hydrogens (primary N) is 1. The number of fused-ring (bicyclic) bond motifs is 1. The number of hydrogen-bond acceptors (Lipinski definition) is 6. The highest BCUT2D eigenvalue weighted by atomic mass is 15.5. The van der Waals surface area contributed by atoms with Crippen LogP contribution in [0.3, 0.4) is 0 Å². The summed E-state index contributed by atoms with van der Waals surface area (Å²) in [7, 11) is 0. The molecule has 19 heavy (non-hydrogen) atoms. The van der Waals surface area contributed by atoms with Crippen molar-refractivity contribution < 1.29 is 0 Å². The fourth-order valence-electron chi connectivity index (χ4n) is 2.72. The van der Waals surface area contributed by atoms with Gasteiger partial charge in [0.05, 0.1) is 6.20 Å². The molecule has 2 aromatic rings. The third kappa shape index (κ3) is 2.65. The Hall–Kier alpha value is -1.76. The molecule has 7 nitrogen and oxygen atoms in total. The zero-order valence-corrected chi connectivity index (χ0v) is 10.9. The Morgan fingerprint density at radius 1 is 1.26 bits per heavy atom. The van der Waals surface area contributed by atoms with E-state index in [0.717, 1.165) is 24.8 Å². The van der Waals surface area contributed by atoms with Gasteiger partial charge in [0.1, 0.15) is 0 Å². The minimum Gasteiger partial charge on any atom is -0.367 e. The molecule has 1 aliphatic carbocycles. The second-order valence-corrected chi connectivity index (χ2v) is 5.23. The summed E-state index contributed by atoms with van der Waals surface area (Å²) >= 11 is 0. The highest BCUT2D eigenvalue weighted by Crippen LogP contribution is 2.28. The first-order chi connectivity index (χ1) is 9.36. The van der Waals surface area contributed by atoms with Crippen LogP contribution in [0.2, 0.25) is 0 Å². The van der Waals surface area contributed by atoms with Crippen LogP contribution in [0.5, 0.6) is 0 Å². The van der Waals surface area contributed by atoms with Crippen LogP contribution in [0.4, 0.5) is 5.82 Å². The molecule has 2 aromatic heterocycles. The number of tetrazole rings is 1. The van der Waals surface area contributed by atoms with Gasteiger partial charge in [-0.2, -0.15) is 4.52 Å². The average molecular weight is 261 g/mol. The molecule has 0 unspecified atom stereocenters. The zero-order valence-electron chi connectivity index (χ0n) is 10.9. The Morgan fingerprint density at radius 3 is 2.84 bits per heavy atom. The summed E-state index contributed by atoms with van der Waals surface area (Å²) in [6, 6.07) is 0. The normalized spacial score (nSPS) is 23.6. The molecule has 1 saturated carbocycles. The second-order valence-electron chi connectivity index (χ2n) is 5.23. The van der Waals surface area contributed by atoms with Gasteiger partial charge in [-0.05, 0) is 54.5 Å². The van der Waals surface area contributed by atoms with E-state index in [-0.39, 0.29) is 0 Å². The van der Waals surface area contributed by atoms with E-state index >= 15 is 0 Å². The maximum absolute atomic E-state index is 5.71. The van der Waals surface area contributed by atoms with Crippen molar-refractivity contribution in [3.8, 4) is 0 Å². The molecular weight excluding hydrogens is 242 g/mol. The molecule has 0 saturated heterocycles. The predicted molar refractivity (Wildman–Crippen MR) is 71.6 cm³/mol. The first-order valence-corrected chi connectivity index (χ1v) is 6.83. The minimum atomic E-state index is 0.679. The van der Waals surface area contributed by atoms with Gasteiger partial charge in [-0.1, -0.05) is 0 Å². The van der Waals surface area contributed by atoms with Gasteiger partial charge in [-0.25, -0.2) is 4.98 Å². The molecule has 102 valence electrons. The number of anilines is 1. The van der Waals surface area contributed by atoms with E-state index in [1.54, 1.807) is 16.9 Å². The van der Waals surface area contributed by atoms with Crippen LogP contribution in [-0.2, 0) is 0 Å². The van der Waals surface area contributed by atoms with Crippen molar-refractivity contribution in [2.24, 2.45) is 17.6 Å². The molecule has 3 N–H and O–H groups in total. The summed E-state index contributed by atoms with van der Waals surface area (Å²) in [4.78, 5) is 4.30. The molecule has 0 amide bonds. The summed E-state index contributed by atoms with van der Waals surface area (Å²) in [5, 5.41) is 14.8. The molecule has 7 heteroatoms. The van der Waals surface area contributed by atoms with E-state index in [4.69, 9.17) is 5.73 Å². The molecule has 1 fully saturated rings. The number of aromatic nitrogens is 5. The zero-order chi connectivity index (χ0) is 13.1. The van der Waals surface area contributed by atoms with Crippen molar-refractivity contribution in [3.63, 3.8) is 0 Å². The first kappa shape index (κ1) is 12.3. The predicted octanol–water partition coefficient (Wildman–Crippen LogP) is 0.696. The Bertz CT molecular complexity index is 530. The number of rotatable bonds is 4. The Kier molecular flexibility index (Phi) is 3.54. The molecule has 3 rings (SSSR count). The standard InChI is InChI=1S/C12H19N7/c13-7-9-1-3-10(4-2-9)8-15-11-12-16-17-18-19(12)6-5-14-11/h5-6,9-10H,1-4,7-8,13H2,(H,14,15). The van der Waals surface area contributed by atoms with Gasteiger partial charge in [0, 0.05) is 12.7 Å². The van der Waals surface area contributed by atoms with Crippen LogP contribution in [-0.4, -0.2) is 38.1 Å². The summed E-state index contributed by atoms with van der Waals surface area (Å²) in [5.41, 5.74) is 6.39. The highest BCUT2D eigenvalue weighted by molar-refractivity contribution is 5.60. The smallest absolute Gasteiger partial charge is 0.221 e. The lowest BCUT2D eigenvalue weighted by Crippen LogP contribution is -2.25. The SMILES string of the molecule is NCC1CCC(CNc2nccn3nnnc23)CC1. The Labute approximate surface area is 111 Å². The van der Waals surface area contributed by atoms with Crippen molar-refractivity contribution >= 4 is 11.5 Å². The lowest BCUT2D eigenvalue weighted by Gasteiger charge is -2.27. The molecule has 1 aliphatic rings. The van der Waals surface area contributed by atoms with Gasteiger partial charge in [-0.3, -0.25) is 0 Å². The second kappa shape index (κ2) is 5.48. The van der Waals surface area contributed by atoms with Crippen molar-refractivity contribution in [3.05, 3.63) is 12.4 Å². The van der Waals surface area contributed by atoms with Gasteiger partial charge in [-0.15, -0.1) is 5.10 Å². The van der Waals surface area contributed by atoms with E-state index in [1.165, 1.54) is 25.7 Å². The van der Waals surface area contributed by atoms with Crippen LogP contribution in [0.15, 0.2) is 12.4 Å². The number of nitrogens with zero attached hydrogens (tertiary/aromatic N) is 5. The maximum Gasteiger partial charge on any atom is 0.221 e. The summed E-state index contributed by atoms with van der Waals surface area (Å²) < 4.78 is 1.63. The molecular formula is C12H19N7. The van der Waals surface area contributed by atoms with Gasteiger partial charge in [0.15, 0.2) is 5.82 Å². The third-order valence-corrected chi connectivity index (χ3v) is 3.97. The monoisotopic (exact) mass is 261 g/mol. The van der Waals surface area contributed by atoms with E-state index in [2.05, 4.69) is 25.8 Å². The van der Waals surface area contributed by atoms with Crippen molar-refractivity contribution in [1.82, 2.24) is 25.0 Å². The van der Waals surface area contributed by atoms with Crippen LogP contribution in [0.1, 0.15) is 25.7 Å². The lowest BCUT2D eigenvalue weighted by molar-refractivity contribution is 0.289. The van der Waals surface area contributed by atoms with E-state index < -0.39 is 0 Å². The number of hydrogen-bond donors (Lipinski definition) is 2. The van der Waals surface area contributed by atoms with Gasteiger partial charge >= 0.3 is 0 Å². The molecule has 0 aromatic carbocycles. The third-order valence-electron chi connectivity index (χ3n) is 3.97. The quantitative estimate of drug-likeness (QED) is 0.841. The average Bonchev–Trinajstić information content (AvgIpc) is 2.94.